The molecule has 0 bridgehead atoms. The molecule has 0 aromatic rings. The number of hydrogen-bond donors (Lipinski definition) is 2. The first-order valence-electron chi connectivity index (χ1n) is 8.60. The highest BCUT2D eigenvalue weighted by atomic mass is 16.5. The Bertz CT molecular complexity index is 285. The molecule has 3 rings (SSSR count). The topological polar surface area (TPSA) is 36.5 Å². The summed E-state index contributed by atoms with van der Waals surface area (Å²) in [4.78, 5) is 2.63. The lowest BCUT2D eigenvalue weighted by atomic mass is 9.79. The molecule has 3 aliphatic heterocycles. The fourth-order valence-corrected chi connectivity index (χ4v) is 4.19. The van der Waals surface area contributed by atoms with Crippen molar-refractivity contribution in [3.63, 3.8) is 0 Å². The zero-order chi connectivity index (χ0) is 13.8. The number of piperidine rings is 2. The molecular formula is C16H31N3O. The van der Waals surface area contributed by atoms with E-state index >= 15 is 0 Å². The van der Waals surface area contributed by atoms with Gasteiger partial charge in [0.25, 0.3) is 0 Å². The predicted molar refractivity (Wildman–Crippen MR) is 82.0 cm³/mol. The first-order chi connectivity index (χ1) is 9.81. The van der Waals surface area contributed by atoms with Crippen LogP contribution in [0.2, 0.25) is 0 Å². The van der Waals surface area contributed by atoms with E-state index in [2.05, 4.69) is 22.5 Å². The third-order valence-electron chi connectivity index (χ3n) is 5.37. The predicted octanol–water partition coefficient (Wildman–Crippen LogP) is 1.07. The van der Waals surface area contributed by atoms with Crippen LogP contribution in [0.15, 0.2) is 0 Å². The Morgan fingerprint density at radius 1 is 0.950 bits per heavy atom. The summed E-state index contributed by atoms with van der Waals surface area (Å²) in [6.07, 6.45) is 6.38. The molecule has 0 amide bonds. The van der Waals surface area contributed by atoms with Crippen LogP contribution in [0.4, 0.5) is 0 Å². The van der Waals surface area contributed by atoms with E-state index in [-0.39, 0.29) is 0 Å². The molecule has 0 unspecified atom stereocenters. The highest BCUT2D eigenvalue weighted by Gasteiger charge is 2.29. The number of nitrogens with one attached hydrogen (secondary N) is 2. The maximum absolute atomic E-state index is 6.02. The molecular weight excluding hydrogens is 250 g/mol. The smallest absolute Gasteiger partial charge is 0.0830 e. The Kier molecular flexibility index (Phi) is 5.32. The molecule has 0 spiro atoms. The molecule has 0 saturated carbocycles. The minimum atomic E-state index is 0.376. The van der Waals surface area contributed by atoms with Gasteiger partial charge in [-0.1, -0.05) is 0 Å². The van der Waals surface area contributed by atoms with Crippen molar-refractivity contribution in [1.82, 2.24) is 15.5 Å². The largest absolute Gasteiger partial charge is 0.371 e. The van der Waals surface area contributed by atoms with Gasteiger partial charge >= 0.3 is 0 Å². The minimum Gasteiger partial charge on any atom is -0.371 e. The van der Waals surface area contributed by atoms with Crippen molar-refractivity contribution < 1.29 is 4.74 Å². The van der Waals surface area contributed by atoms with E-state index in [4.69, 9.17) is 4.74 Å². The average molecular weight is 281 g/mol. The minimum absolute atomic E-state index is 0.376. The summed E-state index contributed by atoms with van der Waals surface area (Å²) in [5.74, 6) is 1.98. The van der Waals surface area contributed by atoms with Crippen molar-refractivity contribution in [2.45, 2.75) is 44.8 Å². The van der Waals surface area contributed by atoms with Gasteiger partial charge in [0.2, 0.25) is 0 Å². The van der Waals surface area contributed by atoms with E-state index in [1.54, 1.807) is 0 Å². The van der Waals surface area contributed by atoms with E-state index in [1.165, 1.54) is 51.9 Å². The van der Waals surface area contributed by atoms with Crippen molar-refractivity contribution in [1.29, 1.82) is 0 Å². The van der Waals surface area contributed by atoms with E-state index in [0.717, 1.165) is 31.5 Å². The number of morpholine rings is 1. The zero-order valence-corrected chi connectivity index (χ0v) is 12.9. The molecule has 3 fully saturated rings. The molecule has 0 aliphatic carbocycles. The second kappa shape index (κ2) is 7.21. The van der Waals surface area contributed by atoms with Gasteiger partial charge in [0.05, 0.1) is 12.2 Å². The molecule has 3 heterocycles. The van der Waals surface area contributed by atoms with Gasteiger partial charge < -0.3 is 20.3 Å². The van der Waals surface area contributed by atoms with E-state index in [1.807, 2.05) is 0 Å². The standard InChI is InChI=1S/C16H31N3O/c1-13-10-18-11-16(20-13)12-19-8-4-15(5-9-19)14-2-6-17-7-3-14/h13-18H,2-12H2,1H3/t13-,16+/m1/s1. The van der Waals surface area contributed by atoms with E-state index in [0.29, 0.717) is 12.2 Å². The summed E-state index contributed by atoms with van der Waals surface area (Å²) in [6, 6.07) is 0. The second-order valence-electron chi connectivity index (χ2n) is 6.95. The molecule has 2 N–H and O–H groups in total. The lowest BCUT2D eigenvalue weighted by molar-refractivity contribution is -0.0471. The van der Waals surface area contributed by atoms with Gasteiger partial charge in [-0.2, -0.15) is 0 Å². The fourth-order valence-electron chi connectivity index (χ4n) is 4.19. The Labute approximate surface area is 123 Å². The molecule has 0 aromatic carbocycles. The summed E-state index contributed by atoms with van der Waals surface area (Å²) in [7, 11) is 0. The van der Waals surface area contributed by atoms with Crippen molar-refractivity contribution in [3.8, 4) is 0 Å². The number of nitrogens with zero attached hydrogens (tertiary/aromatic N) is 1. The van der Waals surface area contributed by atoms with Crippen LogP contribution in [0.25, 0.3) is 0 Å². The van der Waals surface area contributed by atoms with Crippen molar-refractivity contribution >= 4 is 0 Å². The summed E-state index contributed by atoms with van der Waals surface area (Å²) in [5.41, 5.74) is 0. The first kappa shape index (κ1) is 14.8. The molecule has 2 atom stereocenters. The monoisotopic (exact) mass is 281 g/mol. The SMILES string of the molecule is C[C@@H]1CNC[C@@H](CN2CCC(C3CCNCC3)CC2)O1. The Hall–Kier alpha value is -0.160. The fraction of sp³-hybridized carbons (Fsp3) is 1.00. The van der Waals surface area contributed by atoms with Gasteiger partial charge in [0.1, 0.15) is 0 Å². The number of hydrogen-bond acceptors (Lipinski definition) is 4. The normalized spacial score (nSPS) is 35.2. The average Bonchev–Trinajstić information content (AvgIpc) is 2.49. The van der Waals surface area contributed by atoms with Crippen molar-refractivity contribution in [2.75, 3.05) is 45.8 Å². The molecule has 0 radical (unpaired) electrons. The number of ether oxygens (including phenoxy) is 1. The van der Waals surface area contributed by atoms with Crippen LogP contribution in [-0.2, 0) is 4.74 Å². The Morgan fingerprint density at radius 2 is 1.65 bits per heavy atom. The Balaban J connectivity index is 1.39. The summed E-state index contributed by atoms with van der Waals surface area (Å²) < 4.78 is 6.02. The lowest BCUT2D eigenvalue weighted by Gasteiger charge is -2.40. The second-order valence-corrected chi connectivity index (χ2v) is 6.95. The van der Waals surface area contributed by atoms with Crippen LogP contribution in [0.5, 0.6) is 0 Å². The first-order valence-corrected chi connectivity index (χ1v) is 8.60. The van der Waals surface area contributed by atoms with E-state index < -0.39 is 0 Å². The van der Waals surface area contributed by atoms with Gasteiger partial charge in [0, 0.05) is 19.6 Å². The molecule has 3 saturated heterocycles. The van der Waals surface area contributed by atoms with Gasteiger partial charge in [0.15, 0.2) is 0 Å². The van der Waals surface area contributed by atoms with Crippen LogP contribution in [0.1, 0.15) is 32.6 Å². The van der Waals surface area contributed by atoms with Crippen LogP contribution < -0.4 is 10.6 Å². The maximum Gasteiger partial charge on any atom is 0.0830 e. The molecule has 116 valence electrons. The Morgan fingerprint density at radius 3 is 2.35 bits per heavy atom. The van der Waals surface area contributed by atoms with Gasteiger partial charge in [-0.15, -0.1) is 0 Å². The molecule has 0 aromatic heterocycles. The van der Waals surface area contributed by atoms with Gasteiger partial charge in [-0.25, -0.2) is 0 Å². The van der Waals surface area contributed by atoms with Gasteiger partial charge in [-0.3, -0.25) is 0 Å². The van der Waals surface area contributed by atoms with Gasteiger partial charge in [-0.05, 0) is 70.6 Å². The van der Waals surface area contributed by atoms with E-state index in [9.17, 15) is 0 Å². The lowest BCUT2D eigenvalue weighted by Crippen LogP contribution is -2.50. The molecule has 3 aliphatic rings. The summed E-state index contributed by atoms with van der Waals surface area (Å²) >= 11 is 0. The van der Waals surface area contributed by atoms with Crippen molar-refractivity contribution in [2.24, 2.45) is 11.8 Å². The molecule has 4 nitrogen and oxygen atoms in total. The quantitative estimate of drug-likeness (QED) is 0.811. The third kappa shape index (κ3) is 3.94. The van der Waals surface area contributed by atoms with Crippen LogP contribution in [0, 0.1) is 11.8 Å². The number of rotatable bonds is 3. The highest BCUT2D eigenvalue weighted by molar-refractivity contribution is 4.83. The van der Waals surface area contributed by atoms with Crippen LogP contribution in [-0.4, -0.2) is 62.9 Å². The van der Waals surface area contributed by atoms with Crippen LogP contribution >= 0.6 is 0 Å². The highest BCUT2D eigenvalue weighted by Crippen LogP contribution is 2.30. The maximum atomic E-state index is 6.02. The number of likely N-dealkylation sites (tertiary alicyclic amines) is 1. The molecule has 20 heavy (non-hydrogen) atoms. The third-order valence-corrected chi connectivity index (χ3v) is 5.37. The van der Waals surface area contributed by atoms with Crippen LogP contribution in [0.3, 0.4) is 0 Å². The molecule has 4 heteroatoms. The van der Waals surface area contributed by atoms with Crippen molar-refractivity contribution in [3.05, 3.63) is 0 Å². The summed E-state index contributed by atoms with van der Waals surface area (Å²) in [5, 5.41) is 6.96. The zero-order valence-electron chi connectivity index (χ0n) is 12.9. The summed E-state index contributed by atoms with van der Waals surface area (Å²) in [6.45, 7) is 10.4.